The first-order chi connectivity index (χ1) is 12.7. The van der Waals surface area contributed by atoms with Gasteiger partial charge in [0.15, 0.2) is 5.69 Å². The second-order valence-corrected chi connectivity index (χ2v) is 6.76. The predicted molar refractivity (Wildman–Crippen MR) is 97.0 cm³/mol. The van der Waals surface area contributed by atoms with Crippen LogP contribution in [0.15, 0.2) is 12.1 Å². The highest BCUT2D eigenvalue weighted by molar-refractivity contribution is 5.92. The first-order valence-electron chi connectivity index (χ1n) is 9.48. The van der Waals surface area contributed by atoms with Crippen molar-refractivity contribution in [3.05, 3.63) is 17.8 Å². The lowest BCUT2D eigenvalue weighted by Gasteiger charge is -2.33. The SMILES string of the molecule is CCOC(=O)N1CCN(C(=O)c2ccc(NC3CCCCC3)nn2)CC1. The van der Waals surface area contributed by atoms with Gasteiger partial charge in [0.05, 0.1) is 6.61 Å². The van der Waals surface area contributed by atoms with E-state index in [2.05, 4.69) is 15.5 Å². The van der Waals surface area contributed by atoms with Gasteiger partial charge in [-0.2, -0.15) is 0 Å². The molecule has 2 aliphatic rings. The molecule has 2 fully saturated rings. The molecular weight excluding hydrogens is 334 g/mol. The van der Waals surface area contributed by atoms with Gasteiger partial charge < -0.3 is 19.9 Å². The lowest BCUT2D eigenvalue weighted by molar-refractivity contribution is 0.0565. The quantitative estimate of drug-likeness (QED) is 0.884. The third-order valence-electron chi connectivity index (χ3n) is 4.93. The molecule has 1 saturated heterocycles. The third kappa shape index (κ3) is 4.62. The molecule has 0 radical (unpaired) electrons. The van der Waals surface area contributed by atoms with E-state index in [0.717, 1.165) is 18.7 Å². The third-order valence-corrected chi connectivity index (χ3v) is 4.93. The molecule has 0 atom stereocenters. The lowest BCUT2D eigenvalue weighted by Crippen LogP contribution is -2.50. The number of carbonyl (C=O) groups is 2. The largest absolute Gasteiger partial charge is 0.450 e. The Hall–Kier alpha value is -2.38. The van der Waals surface area contributed by atoms with Crippen molar-refractivity contribution in [3.8, 4) is 0 Å². The zero-order valence-electron chi connectivity index (χ0n) is 15.3. The van der Waals surface area contributed by atoms with Gasteiger partial charge in [0.1, 0.15) is 5.82 Å². The molecule has 0 unspecified atom stereocenters. The van der Waals surface area contributed by atoms with Gasteiger partial charge in [-0.05, 0) is 31.9 Å². The summed E-state index contributed by atoms with van der Waals surface area (Å²) in [6.07, 6.45) is 5.80. The van der Waals surface area contributed by atoms with Crippen LogP contribution >= 0.6 is 0 Å². The van der Waals surface area contributed by atoms with Gasteiger partial charge in [-0.15, -0.1) is 10.2 Å². The molecule has 8 nitrogen and oxygen atoms in total. The molecule has 1 saturated carbocycles. The topological polar surface area (TPSA) is 87.7 Å². The highest BCUT2D eigenvalue weighted by Crippen LogP contribution is 2.20. The molecule has 2 amide bonds. The Kier molecular flexibility index (Phi) is 6.25. The molecule has 142 valence electrons. The average molecular weight is 361 g/mol. The first-order valence-corrected chi connectivity index (χ1v) is 9.48. The van der Waals surface area contributed by atoms with Gasteiger partial charge in [0.25, 0.3) is 5.91 Å². The average Bonchev–Trinajstić information content (AvgIpc) is 2.69. The molecule has 8 heteroatoms. The minimum Gasteiger partial charge on any atom is -0.450 e. The number of ether oxygens (including phenoxy) is 1. The highest BCUT2D eigenvalue weighted by Gasteiger charge is 2.26. The summed E-state index contributed by atoms with van der Waals surface area (Å²) in [6, 6.07) is 4.00. The van der Waals surface area contributed by atoms with Crippen molar-refractivity contribution >= 4 is 17.8 Å². The van der Waals surface area contributed by atoms with Crippen LogP contribution in [0.3, 0.4) is 0 Å². The van der Waals surface area contributed by atoms with Crippen molar-refractivity contribution in [1.29, 1.82) is 0 Å². The van der Waals surface area contributed by atoms with E-state index in [1.165, 1.54) is 19.3 Å². The number of piperazine rings is 1. The van der Waals surface area contributed by atoms with Crippen LogP contribution in [0.5, 0.6) is 0 Å². The number of hydrogen-bond acceptors (Lipinski definition) is 6. The molecule has 0 bridgehead atoms. The molecule has 1 aliphatic heterocycles. The summed E-state index contributed by atoms with van der Waals surface area (Å²) in [5, 5.41) is 11.7. The van der Waals surface area contributed by atoms with Crippen LogP contribution in [0.25, 0.3) is 0 Å². The Morgan fingerprint density at radius 1 is 1.08 bits per heavy atom. The van der Waals surface area contributed by atoms with Crippen molar-refractivity contribution in [2.24, 2.45) is 0 Å². The number of anilines is 1. The Balaban J connectivity index is 1.51. The zero-order valence-corrected chi connectivity index (χ0v) is 15.3. The maximum absolute atomic E-state index is 12.6. The molecule has 3 rings (SSSR count). The van der Waals surface area contributed by atoms with Crippen molar-refractivity contribution < 1.29 is 14.3 Å². The van der Waals surface area contributed by atoms with Crippen LogP contribution in [0, 0.1) is 0 Å². The molecule has 1 aromatic rings. The molecule has 0 spiro atoms. The number of rotatable bonds is 4. The van der Waals surface area contributed by atoms with E-state index in [4.69, 9.17) is 4.74 Å². The Bertz CT molecular complexity index is 608. The van der Waals surface area contributed by atoms with E-state index < -0.39 is 0 Å². The minimum atomic E-state index is -0.322. The fourth-order valence-corrected chi connectivity index (χ4v) is 3.45. The first kappa shape index (κ1) is 18.4. The summed E-state index contributed by atoms with van der Waals surface area (Å²) < 4.78 is 4.99. The van der Waals surface area contributed by atoms with Crippen molar-refractivity contribution in [2.75, 3.05) is 38.1 Å². The van der Waals surface area contributed by atoms with E-state index in [1.807, 2.05) is 6.07 Å². The molecule has 1 aromatic heterocycles. The molecular formula is C18H27N5O3. The van der Waals surface area contributed by atoms with Crippen LogP contribution in [-0.2, 0) is 4.74 Å². The van der Waals surface area contributed by atoms with Crippen LogP contribution < -0.4 is 5.32 Å². The van der Waals surface area contributed by atoms with E-state index in [-0.39, 0.29) is 12.0 Å². The number of amides is 2. The molecule has 2 heterocycles. The number of aromatic nitrogens is 2. The van der Waals surface area contributed by atoms with Crippen LogP contribution in [-0.4, -0.2) is 70.8 Å². The number of nitrogens with one attached hydrogen (secondary N) is 1. The van der Waals surface area contributed by atoms with Crippen molar-refractivity contribution in [2.45, 2.75) is 45.1 Å². The summed E-state index contributed by atoms with van der Waals surface area (Å²) in [4.78, 5) is 27.6. The summed E-state index contributed by atoms with van der Waals surface area (Å²) in [6.45, 7) is 4.03. The fraction of sp³-hybridized carbons (Fsp3) is 0.667. The maximum atomic E-state index is 12.6. The van der Waals surface area contributed by atoms with E-state index >= 15 is 0 Å². The van der Waals surface area contributed by atoms with Crippen LogP contribution in [0.2, 0.25) is 0 Å². The minimum absolute atomic E-state index is 0.148. The second kappa shape index (κ2) is 8.82. The Morgan fingerprint density at radius 2 is 1.77 bits per heavy atom. The standard InChI is InChI=1S/C18H27N5O3/c1-2-26-18(25)23-12-10-22(11-13-23)17(24)15-8-9-16(21-20-15)19-14-6-4-3-5-7-14/h8-9,14H,2-7,10-13H2,1H3,(H,19,21). The van der Waals surface area contributed by atoms with Gasteiger partial charge in [-0.25, -0.2) is 4.79 Å². The van der Waals surface area contributed by atoms with Gasteiger partial charge >= 0.3 is 6.09 Å². The summed E-state index contributed by atoms with van der Waals surface area (Å²) in [7, 11) is 0. The monoisotopic (exact) mass is 361 g/mol. The van der Waals surface area contributed by atoms with E-state index in [9.17, 15) is 9.59 Å². The van der Waals surface area contributed by atoms with E-state index in [0.29, 0.717) is 44.5 Å². The highest BCUT2D eigenvalue weighted by atomic mass is 16.6. The zero-order chi connectivity index (χ0) is 18.4. The summed E-state index contributed by atoms with van der Waals surface area (Å²) in [5.41, 5.74) is 0.337. The van der Waals surface area contributed by atoms with Gasteiger partial charge in [-0.1, -0.05) is 19.3 Å². The van der Waals surface area contributed by atoms with Gasteiger partial charge in [-0.3, -0.25) is 4.79 Å². The Morgan fingerprint density at radius 3 is 2.38 bits per heavy atom. The Labute approximate surface area is 153 Å². The van der Waals surface area contributed by atoms with E-state index in [1.54, 1.807) is 22.8 Å². The lowest BCUT2D eigenvalue weighted by atomic mass is 9.95. The maximum Gasteiger partial charge on any atom is 0.409 e. The molecule has 0 aromatic carbocycles. The van der Waals surface area contributed by atoms with Crippen LogP contribution in [0.4, 0.5) is 10.6 Å². The fourth-order valence-electron chi connectivity index (χ4n) is 3.45. The van der Waals surface area contributed by atoms with Crippen molar-refractivity contribution in [3.63, 3.8) is 0 Å². The number of nitrogens with zero attached hydrogens (tertiary/aromatic N) is 4. The smallest absolute Gasteiger partial charge is 0.409 e. The van der Waals surface area contributed by atoms with Crippen molar-refractivity contribution in [1.82, 2.24) is 20.0 Å². The predicted octanol–water partition coefficient (Wildman–Crippen LogP) is 2.14. The summed E-state index contributed by atoms with van der Waals surface area (Å²) in [5.74, 6) is 0.575. The second-order valence-electron chi connectivity index (χ2n) is 6.76. The molecule has 1 aliphatic carbocycles. The summed E-state index contributed by atoms with van der Waals surface area (Å²) >= 11 is 0. The number of hydrogen-bond donors (Lipinski definition) is 1. The van der Waals surface area contributed by atoms with Gasteiger partial charge in [0.2, 0.25) is 0 Å². The normalized spacial score (nSPS) is 18.5. The molecule has 26 heavy (non-hydrogen) atoms. The van der Waals surface area contributed by atoms with Gasteiger partial charge in [0, 0.05) is 32.2 Å². The number of carbonyl (C=O) groups excluding carboxylic acids is 2. The molecule has 1 N–H and O–H groups in total. The van der Waals surface area contributed by atoms with Crippen LogP contribution in [0.1, 0.15) is 49.5 Å².